The molecule has 0 aliphatic carbocycles. The van der Waals surface area contributed by atoms with Crippen molar-refractivity contribution in [2.45, 2.75) is 24.7 Å². The van der Waals surface area contributed by atoms with Crippen LogP contribution in [0, 0.1) is 0 Å². The molecule has 0 unspecified atom stereocenters. The van der Waals surface area contributed by atoms with E-state index in [9.17, 15) is 0 Å². The molecular weight excluding hydrogens is 190 g/mol. The first-order valence-corrected chi connectivity index (χ1v) is 6.21. The summed E-state index contributed by atoms with van der Waals surface area (Å²) < 4.78 is 0. The maximum absolute atomic E-state index is 3.17. The Hall–Kier alpha value is -0.470. The number of hydrogen-bond donors (Lipinski definition) is 1. The van der Waals surface area contributed by atoms with E-state index in [-0.39, 0.29) is 0 Å². The van der Waals surface area contributed by atoms with Crippen LogP contribution in [0.5, 0.6) is 0 Å². The third-order valence-electron chi connectivity index (χ3n) is 2.13. The highest BCUT2D eigenvalue weighted by molar-refractivity contribution is 7.99. The molecule has 0 aromatic heterocycles. The van der Waals surface area contributed by atoms with Crippen LogP contribution in [0.3, 0.4) is 0 Å². The molecule has 0 amide bonds. The predicted molar refractivity (Wildman–Crippen MR) is 65.1 cm³/mol. The summed E-state index contributed by atoms with van der Waals surface area (Å²) in [5.74, 6) is 1.15. The molecule has 14 heavy (non-hydrogen) atoms. The molecule has 0 bridgehead atoms. The van der Waals surface area contributed by atoms with Gasteiger partial charge in [-0.3, -0.25) is 0 Å². The zero-order valence-corrected chi connectivity index (χ0v) is 9.86. The maximum atomic E-state index is 3.17. The van der Waals surface area contributed by atoms with E-state index in [0.29, 0.717) is 0 Å². The topological polar surface area (TPSA) is 12.0 Å². The second-order valence-corrected chi connectivity index (χ2v) is 4.62. The Bertz CT molecular complexity index is 243. The van der Waals surface area contributed by atoms with Gasteiger partial charge in [-0.15, -0.1) is 11.8 Å². The SMILES string of the molecule is CCSc1ccc(CCCNC)cc1. The first-order chi connectivity index (χ1) is 6.86. The van der Waals surface area contributed by atoms with Crippen molar-refractivity contribution < 1.29 is 0 Å². The first kappa shape index (κ1) is 11.6. The average Bonchev–Trinajstić information content (AvgIpc) is 2.21. The molecule has 1 aromatic rings. The van der Waals surface area contributed by atoms with Crippen molar-refractivity contribution in [1.82, 2.24) is 5.32 Å². The van der Waals surface area contributed by atoms with Crippen molar-refractivity contribution in [1.29, 1.82) is 0 Å². The molecule has 0 radical (unpaired) electrons. The highest BCUT2D eigenvalue weighted by Gasteiger charge is 1.94. The van der Waals surface area contributed by atoms with Gasteiger partial charge in [-0.05, 0) is 49.9 Å². The van der Waals surface area contributed by atoms with Crippen LogP contribution in [0.25, 0.3) is 0 Å². The summed E-state index contributed by atoms with van der Waals surface area (Å²) in [6.07, 6.45) is 2.40. The highest BCUT2D eigenvalue weighted by atomic mass is 32.2. The van der Waals surface area contributed by atoms with Gasteiger partial charge in [0.25, 0.3) is 0 Å². The molecule has 2 heteroatoms. The van der Waals surface area contributed by atoms with Crippen LogP contribution in [0.15, 0.2) is 29.2 Å². The van der Waals surface area contributed by atoms with Crippen molar-refractivity contribution in [3.05, 3.63) is 29.8 Å². The van der Waals surface area contributed by atoms with Gasteiger partial charge in [0.05, 0.1) is 0 Å². The summed E-state index contributed by atoms with van der Waals surface area (Å²) in [5.41, 5.74) is 1.45. The summed E-state index contributed by atoms with van der Waals surface area (Å²) >= 11 is 1.90. The minimum absolute atomic E-state index is 1.10. The smallest absolute Gasteiger partial charge is 0.00720 e. The highest BCUT2D eigenvalue weighted by Crippen LogP contribution is 2.18. The van der Waals surface area contributed by atoms with Crippen LogP contribution in [0.1, 0.15) is 18.9 Å². The van der Waals surface area contributed by atoms with Crippen molar-refractivity contribution in [3.8, 4) is 0 Å². The van der Waals surface area contributed by atoms with E-state index in [2.05, 4.69) is 36.5 Å². The monoisotopic (exact) mass is 209 g/mol. The molecule has 0 fully saturated rings. The molecular formula is C12H19NS. The van der Waals surface area contributed by atoms with Gasteiger partial charge in [0.15, 0.2) is 0 Å². The lowest BCUT2D eigenvalue weighted by Crippen LogP contribution is -2.08. The van der Waals surface area contributed by atoms with Gasteiger partial charge in [0.1, 0.15) is 0 Å². The second-order valence-electron chi connectivity index (χ2n) is 3.28. The van der Waals surface area contributed by atoms with Gasteiger partial charge < -0.3 is 5.32 Å². The maximum Gasteiger partial charge on any atom is 0.00720 e. The number of nitrogens with one attached hydrogen (secondary N) is 1. The molecule has 0 saturated heterocycles. The molecule has 0 saturated carbocycles. The summed E-state index contributed by atoms with van der Waals surface area (Å²) in [5, 5.41) is 3.17. The Balaban J connectivity index is 2.38. The third kappa shape index (κ3) is 4.16. The fourth-order valence-corrected chi connectivity index (χ4v) is 2.05. The summed E-state index contributed by atoms with van der Waals surface area (Å²) in [4.78, 5) is 1.38. The minimum atomic E-state index is 1.10. The minimum Gasteiger partial charge on any atom is -0.320 e. The second kappa shape index (κ2) is 6.91. The van der Waals surface area contributed by atoms with Gasteiger partial charge in [-0.2, -0.15) is 0 Å². The molecule has 0 spiro atoms. The number of benzene rings is 1. The van der Waals surface area contributed by atoms with Crippen LogP contribution in [0.2, 0.25) is 0 Å². The Labute approximate surface area is 91.3 Å². The Morgan fingerprint density at radius 2 is 1.93 bits per heavy atom. The molecule has 0 heterocycles. The lowest BCUT2D eigenvalue weighted by molar-refractivity contribution is 0.724. The Morgan fingerprint density at radius 1 is 1.21 bits per heavy atom. The van der Waals surface area contributed by atoms with Crippen LogP contribution in [0.4, 0.5) is 0 Å². The third-order valence-corrected chi connectivity index (χ3v) is 3.02. The van der Waals surface area contributed by atoms with Crippen LogP contribution >= 0.6 is 11.8 Å². The Morgan fingerprint density at radius 3 is 2.50 bits per heavy atom. The molecule has 1 nitrogen and oxygen atoms in total. The van der Waals surface area contributed by atoms with E-state index in [4.69, 9.17) is 0 Å². The number of hydrogen-bond acceptors (Lipinski definition) is 2. The van der Waals surface area contributed by atoms with E-state index < -0.39 is 0 Å². The number of aryl methyl sites for hydroxylation is 1. The first-order valence-electron chi connectivity index (χ1n) is 5.23. The van der Waals surface area contributed by atoms with E-state index in [1.54, 1.807) is 0 Å². The molecule has 0 atom stereocenters. The molecule has 0 aliphatic rings. The summed E-state index contributed by atoms with van der Waals surface area (Å²) in [7, 11) is 2.00. The van der Waals surface area contributed by atoms with Crippen molar-refractivity contribution >= 4 is 11.8 Å². The van der Waals surface area contributed by atoms with Crippen LogP contribution < -0.4 is 5.32 Å². The number of rotatable bonds is 6. The molecule has 78 valence electrons. The zero-order chi connectivity index (χ0) is 10.2. The quantitative estimate of drug-likeness (QED) is 0.571. The van der Waals surface area contributed by atoms with Crippen LogP contribution in [-0.2, 0) is 6.42 Å². The summed E-state index contributed by atoms with van der Waals surface area (Å²) in [6, 6.07) is 8.94. The summed E-state index contributed by atoms with van der Waals surface area (Å²) in [6.45, 7) is 3.29. The van der Waals surface area contributed by atoms with Gasteiger partial charge in [0.2, 0.25) is 0 Å². The standard InChI is InChI=1S/C12H19NS/c1-3-14-12-8-6-11(7-9-12)5-4-10-13-2/h6-9,13H,3-5,10H2,1-2H3. The fraction of sp³-hybridized carbons (Fsp3) is 0.500. The molecule has 1 aromatic carbocycles. The molecule has 1 rings (SSSR count). The van der Waals surface area contributed by atoms with Crippen molar-refractivity contribution in [2.75, 3.05) is 19.3 Å². The van der Waals surface area contributed by atoms with E-state index in [0.717, 1.165) is 12.3 Å². The van der Waals surface area contributed by atoms with Crippen LogP contribution in [-0.4, -0.2) is 19.3 Å². The van der Waals surface area contributed by atoms with Crippen molar-refractivity contribution in [2.24, 2.45) is 0 Å². The number of thioether (sulfide) groups is 1. The Kier molecular flexibility index (Phi) is 5.72. The van der Waals surface area contributed by atoms with Gasteiger partial charge in [-0.1, -0.05) is 19.1 Å². The van der Waals surface area contributed by atoms with Gasteiger partial charge in [0, 0.05) is 4.90 Å². The predicted octanol–water partition coefficient (Wildman–Crippen LogP) is 2.95. The van der Waals surface area contributed by atoms with Crippen molar-refractivity contribution in [3.63, 3.8) is 0 Å². The lowest BCUT2D eigenvalue weighted by Gasteiger charge is -2.02. The molecule has 1 N–H and O–H groups in total. The zero-order valence-electron chi connectivity index (χ0n) is 9.05. The largest absolute Gasteiger partial charge is 0.320 e. The fourth-order valence-electron chi connectivity index (χ4n) is 1.39. The molecule has 0 aliphatic heterocycles. The normalized spacial score (nSPS) is 10.4. The van der Waals surface area contributed by atoms with E-state index in [1.807, 2.05) is 18.8 Å². The van der Waals surface area contributed by atoms with E-state index >= 15 is 0 Å². The van der Waals surface area contributed by atoms with Gasteiger partial charge in [-0.25, -0.2) is 0 Å². The lowest BCUT2D eigenvalue weighted by atomic mass is 10.1. The average molecular weight is 209 g/mol. The van der Waals surface area contributed by atoms with Gasteiger partial charge >= 0.3 is 0 Å². The van der Waals surface area contributed by atoms with E-state index in [1.165, 1.54) is 23.3 Å².